The van der Waals surface area contributed by atoms with Crippen LogP contribution in [0, 0.1) is 0 Å². The predicted molar refractivity (Wildman–Crippen MR) is 109 cm³/mol. The second-order valence-corrected chi connectivity index (χ2v) is 5.58. The Labute approximate surface area is 160 Å². The molecule has 0 radical (unpaired) electrons. The summed E-state index contributed by atoms with van der Waals surface area (Å²) >= 11 is 0. The van der Waals surface area contributed by atoms with Crippen LogP contribution in [0.15, 0.2) is 60.1 Å². The topological polar surface area (TPSA) is 54.2 Å². The van der Waals surface area contributed by atoms with Gasteiger partial charge in [0.1, 0.15) is 0 Å². The third-order valence-corrected chi connectivity index (χ3v) is 3.87. The molecule has 2 N–H and O–H groups in total. The summed E-state index contributed by atoms with van der Waals surface area (Å²) < 4.78 is 2.02. The van der Waals surface area contributed by atoms with Crippen LogP contribution in [0.25, 0.3) is 5.69 Å². The molecule has 0 saturated heterocycles. The third kappa shape index (κ3) is 4.83. The second-order valence-electron chi connectivity index (χ2n) is 5.58. The quantitative estimate of drug-likeness (QED) is 0.327. The summed E-state index contributed by atoms with van der Waals surface area (Å²) in [5.74, 6) is 0.877. The zero-order valence-corrected chi connectivity index (χ0v) is 16.2. The van der Waals surface area contributed by atoms with E-state index in [1.165, 1.54) is 5.56 Å². The molecule has 1 aromatic carbocycles. The van der Waals surface area contributed by atoms with Gasteiger partial charge in [-0.25, -0.2) is 9.98 Å². The van der Waals surface area contributed by atoms with Crippen LogP contribution in [0.2, 0.25) is 0 Å². The van der Waals surface area contributed by atoms with Crippen LogP contribution in [0.4, 0.5) is 0 Å². The van der Waals surface area contributed by atoms with Gasteiger partial charge in [0, 0.05) is 25.0 Å². The smallest absolute Gasteiger partial charge is 0.191 e. The van der Waals surface area contributed by atoms with Crippen molar-refractivity contribution in [2.45, 2.75) is 32.4 Å². The molecule has 3 rings (SSSR count). The Hall–Kier alpha value is -1.83. The SMILES string of the molecule is CCNC(=NCc1ccccc1-n1ccnc1)NC1CC=CC1.I. The summed E-state index contributed by atoms with van der Waals surface area (Å²) in [6, 6.07) is 8.74. The predicted octanol–water partition coefficient (Wildman–Crippen LogP) is 3.26. The lowest BCUT2D eigenvalue weighted by atomic mass is 10.2. The van der Waals surface area contributed by atoms with Gasteiger partial charge >= 0.3 is 0 Å². The van der Waals surface area contributed by atoms with Crippen molar-refractivity contribution >= 4 is 29.9 Å². The Bertz CT molecular complexity index is 670. The minimum absolute atomic E-state index is 0. The Balaban J connectivity index is 0.00000208. The van der Waals surface area contributed by atoms with E-state index in [1.54, 1.807) is 6.20 Å². The number of nitrogens with zero attached hydrogens (tertiary/aromatic N) is 3. The van der Waals surface area contributed by atoms with Crippen molar-refractivity contribution in [2.75, 3.05) is 6.54 Å². The number of benzene rings is 1. The first-order chi connectivity index (χ1) is 11.4. The van der Waals surface area contributed by atoms with E-state index in [4.69, 9.17) is 4.99 Å². The van der Waals surface area contributed by atoms with Crippen LogP contribution in [-0.4, -0.2) is 28.1 Å². The zero-order valence-electron chi connectivity index (χ0n) is 13.9. The molecule has 0 fully saturated rings. The van der Waals surface area contributed by atoms with E-state index in [-0.39, 0.29) is 24.0 Å². The Morgan fingerprint density at radius 1 is 1.29 bits per heavy atom. The molecule has 0 atom stereocenters. The number of para-hydroxylation sites is 1. The number of guanidine groups is 1. The zero-order chi connectivity index (χ0) is 15.9. The minimum Gasteiger partial charge on any atom is -0.357 e. The molecule has 128 valence electrons. The van der Waals surface area contributed by atoms with Crippen molar-refractivity contribution in [1.82, 2.24) is 20.2 Å². The number of halogens is 1. The van der Waals surface area contributed by atoms with Crippen molar-refractivity contribution in [3.8, 4) is 5.69 Å². The number of aromatic nitrogens is 2. The molecule has 0 bridgehead atoms. The fourth-order valence-corrected chi connectivity index (χ4v) is 2.71. The molecule has 2 aromatic rings. The normalized spacial score (nSPS) is 14.5. The summed E-state index contributed by atoms with van der Waals surface area (Å²) in [7, 11) is 0. The molecule has 24 heavy (non-hydrogen) atoms. The molecule has 0 unspecified atom stereocenters. The molecule has 5 nitrogen and oxygen atoms in total. The average molecular weight is 437 g/mol. The van der Waals surface area contributed by atoms with Crippen LogP contribution in [0.1, 0.15) is 25.3 Å². The van der Waals surface area contributed by atoms with Crippen molar-refractivity contribution in [3.63, 3.8) is 0 Å². The summed E-state index contributed by atoms with van der Waals surface area (Å²) in [6.07, 6.45) is 12.1. The monoisotopic (exact) mass is 437 g/mol. The average Bonchev–Trinajstić information content (AvgIpc) is 3.27. The van der Waals surface area contributed by atoms with Gasteiger partial charge in [0.05, 0.1) is 18.6 Å². The van der Waals surface area contributed by atoms with E-state index in [9.17, 15) is 0 Å². The lowest BCUT2D eigenvalue weighted by Gasteiger charge is -2.17. The number of hydrogen-bond donors (Lipinski definition) is 2. The fraction of sp³-hybridized carbons (Fsp3) is 0.333. The number of imidazole rings is 1. The van der Waals surface area contributed by atoms with E-state index < -0.39 is 0 Å². The molecule has 0 saturated carbocycles. The van der Waals surface area contributed by atoms with Crippen LogP contribution in [0.3, 0.4) is 0 Å². The fourth-order valence-electron chi connectivity index (χ4n) is 2.71. The van der Waals surface area contributed by atoms with Crippen LogP contribution in [0.5, 0.6) is 0 Å². The van der Waals surface area contributed by atoms with Gasteiger partial charge in [-0.2, -0.15) is 0 Å². The van der Waals surface area contributed by atoms with Crippen LogP contribution >= 0.6 is 24.0 Å². The lowest BCUT2D eigenvalue weighted by Crippen LogP contribution is -2.42. The highest BCUT2D eigenvalue weighted by molar-refractivity contribution is 14.0. The Morgan fingerprint density at radius 2 is 2.08 bits per heavy atom. The molecular weight excluding hydrogens is 413 g/mol. The first kappa shape index (κ1) is 18.5. The molecule has 1 aliphatic rings. The van der Waals surface area contributed by atoms with Gasteiger partial charge in [0.2, 0.25) is 0 Å². The number of aliphatic imine (C=N–C) groups is 1. The Kier molecular flexibility index (Phi) is 7.30. The van der Waals surface area contributed by atoms with E-state index in [1.807, 2.05) is 29.2 Å². The summed E-state index contributed by atoms with van der Waals surface area (Å²) in [5, 5.41) is 6.82. The highest BCUT2D eigenvalue weighted by Crippen LogP contribution is 2.15. The summed E-state index contributed by atoms with van der Waals surface area (Å²) in [6.45, 7) is 3.57. The van der Waals surface area contributed by atoms with Crippen LogP contribution < -0.4 is 10.6 Å². The maximum atomic E-state index is 4.75. The minimum atomic E-state index is 0. The van der Waals surface area contributed by atoms with Gasteiger partial charge in [-0.05, 0) is 31.4 Å². The van der Waals surface area contributed by atoms with Gasteiger partial charge in [0.15, 0.2) is 5.96 Å². The largest absolute Gasteiger partial charge is 0.357 e. The van der Waals surface area contributed by atoms with Gasteiger partial charge in [-0.15, -0.1) is 24.0 Å². The maximum Gasteiger partial charge on any atom is 0.191 e. The standard InChI is InChI=1S/C18H23N5.HI/c1-2-20-18(22-16-8-4-5-9-16)21-13-15-7-3-6-10-17(15)23-12-11-19-14-23;/h3-7,10-12,14,16H,2,8-9,13H2,1H3,(H2,20,21,22);1H. The van der Waals surface area contributed by atoms with Gasteiger partial charge in [-0.1, -0.05) is 30.4 Å². The second kappa shape index (κ2) is 9.46. The first-order valence-electron chi connectivity index (χ1n) is 8.13. The van der Waals surface area contributed by atoms with Gasteiger partial charge in [0.25, 0.3) is 0 Å². The van der Waals surface area contributed by atoms with Crippen molar-refractivity contribution in [2.24, 2.45) is 4.99 Å². The molecule has 1 aliphatic carbocycles. The van der Waals surface area contributed by atoms with Crippen molar-refractivity contribution < 1.29 is 0 Å². The Morgan fingerprint density at radius 3 is 2.79 bits per heavy atom. The number of nitrogens with one attached hydrogen (secondary N) is 2. The summed E-state index contributed by atoms with van der Waals surface area (Å²) in [5.41, 5.74) is 2.29. The molecule has 6 heteroatoms. The molecule has 0 amide bonds. The van der Waals surface area contributed by atoms with Crippen molar-refractivity contribution in [3.05, 3.63) is 60.7 Å². The first-order valence-corrected chi connectivity index (χ1v) is 8.13. The van der Waals surface area contributed by atoms with Crippen LogP contribution in [-0.2, 0) is 6.54 Å². The highest BCUT2D eigenvalue weighted by atomic mass is 127. The van der Waals surface area contributed by atoms with Crippen molar-refractivity contribution in [1.29, 1.82) is 0 Å². The van der Waals surface area contributed by atoms with E-state index in [0.29, 0.717) is 12.6 Å². The number of hydrogen-bond acceptors (Lipinski definition) is 2. The molecule has 1 heterocycles. The molecule has 0 spiro atoms. The van der Waals surface area contributed by atoms with Gasteiger partial charge < -0.3 is 15.2 Å². The van der Waals surface area contributed by atoms with E-state index >= 15 is 0 Å². The van der Waals surface area contributed by atoms with Gasteiger partial charge in [-0.3, -0.25) is 0 Å². The van der Waals surface area contributed by atoms with E-state index in [0.717, 1.165) is 31.0 Å². The van der Waals surface area contributed by atoms with E-state index in [2.05, 4.69) is 46.8 Å². The highest BCUT2D eigenvalue weighted by Gasteiger charge is 2.11. The lowest BCUT2D eigenvalue weighted by molar-refractivity contribution is 0.633. The maximum absolute atomic E-state index is 4.75. The molecular formula is C18H24IN5. The molecule has 1 aromatic heterocycles. The molecule has 0 aliphatic heterocycles. The number of rotatable bonds is 5. The summed E-state index contributed by atoms with van der Waals surface area (Å²) in [4.78, 5) is 8.88. The third-order valence-electron chi connectivity index (χ3n) is 3.87.